The van der Waals surface area contributed by atoms with Gasteiger partial charge in [0.15, 0.2) is 0 Å². The van der Waals surface area contributed by atoms with Crippen LogP contribution in [0.15, 0.2) is 65.2 Å². The Labute approximate surface area is 161 Å². The molecule has 0 bridgehead atoms. The molecule has 0 spiro atoms. The second kappa shape index (κ2) is 7.64. The van der Waals surface area contributed by atoms with Crippen molar-refractivity contribution < 1.29 is 18.5 Å². The van der Waals surface area contributed by atoms with Gasteiger partial charge in [0.2, 0.25) is 5.76 Å². The maximum absolute atomic E-state index is 13.0. The van der Waals surface area contributed by atoms with E-state index in [0.717, 1.165) is 5.56 Å². The van der Waals surface area contributed by atoms with E-state index < -0.39 is 0 Å². The summed E-state index contributed by atoms with van der Waals surface area (Å²) < 4.78 is 18.3. The molecule has 0 aliphatic carbocycles. The van der Waals surface area contributed by atoms with Crippen LogP contribution in [0, 0.1) is 5.82 Å². The highest BCUT2D eigenvalue weighted by Crippen LogP contribution is 2.20. The van der Waals surface area contributed by atoms with Crippen LogP contribution in [0.5, 0.6) is 0 Å². The summed E-state index contributed by atoms with van der Waals surface area (Å²) in [4.78, 5) is 28.5. The van der Waals surface area contributed by atoms with Gasteiger partial charge in [0.1, 0.15) is 11.5 Å². The second-order valence-corrected chi connectivity index (χ2v) is 6.53. The SMILES string of the molecule is O=C(c1ccc(F)cc1)N1CCN(C(=O)c2cc(-c3ccccc3)no2)CC1. The number of rotatable bonds is 3. The molecule has 7 heteroatoms. The number of carbonyl (C=O) groups excluding carboxylic acids is 2. The lowest BCUT2D eigenvalue weighted by Gasteiger charge is -2.34. The summed E-state index contributed by atoms with van der Waals surface area (Å²) in [6, 6.07) is 16.6. The highest BCUT2D eigenvalue weighted by molar-refractivity contribution is 5.95. The minimum absolute atomic E-state index is 0.168. The number of hydrogen-bond acceptors (Lipinski definition) is 4. The molecular weight excluding hydrogens is 361 g/mol. The lowest BCUT2D eigenvalue weighted by molar-refractivity contribution is 0.0512. The van der Waals surface area contributed by atoms with E-state index in [0.29, 0.717) is 37.4 Å². The molecule has 4 rings (SSSR count). The average Bonchev–Trinajstić information content (AvgIpc) is 3.24. The number of carbonyl (C=O) groups is 2. The fourth-order valence-electron chi connectivity index (χ4n) is 3.16. The zero-order chi connectivity index (χ0) is 19.5. The van der Waals surface area contributed by atoms with Crippen LogP contribution < -0.4 is 0 Å². The quantitative estimate of drug-likeness (QED) is 0.701. The van der Waals surface area contributed by atoms with Crippen molar-refractivity contribution in [1.82, 2.24) is 15.0 Å². The molecule has 0 atom stereocenters. The molecule has 6 nitrogen and oxygen atoms in total. The first-order chi connectivity index (χ1) is 13.6. The van der Waals surface area contributed by atoms with Gasteiger partial charge in [0, 0.05) is 43.4 Å². The number of halogens is 1. The maximum Gasteiger partial charge on any atom is 0.292 e. The summed E-state index contributed by atoms with van der Waals surface area (Å²) in [5.74, 6) is -0.618. The van der Waals surface area contributed by atoms with Gasteiger partial charge in [-0.3, -0.25) is 9.59 Å². The number of amides is 2. The van der Waals surface area contributed by atoms with Crippen LogP contribution in [-0.4, -0.2) is 52.9 Å². The smallest absolute Gasteiger partial charge is 0.292 e. The molecule has 2 aromatic carbocycles. The Hall–Kier alpha value is -3.48. The second-order valence-electron chi connectivity index (χ2n) is 6.53. The van der Waals surface area contributed by atoms with Crippen LogP contribution in [0.25, 0.3) is 11.3 Å². The van der Waals surface area contributed by atoms with Crippen molar-refractivity contribution in [3.8, 4) is 11.3 Å². The van der Waals surface area contributed by atoms with Crippen LogP contribution in [-0.2, 0) is 0 Å². The summed E-state index contributed by atoms with van der Waals surface area (Å²) in [6.07, 6.45) is 0. The van der Waals surface area contributed by atoms with Crippen molar-refractivity contribution in [1.29, 1.82) is 0 Å². The fraction of sp³-hybridized carbons (Fsp3) is 0.190. The van der Waals surface area contributed by atoms with Gasteiger partial charge in [-0.2, -0.15) is 0 Å². The Kier molecular flexibility index (Phi) is 4.89. The zero-order valence-corrected chi connectivity index (χ0v) is 15.0. The molecular formula is C21H18FN3O3. The van der Waals surface area contributed by atoms with E-state index in [1.165, 1.54) is 24.3 Å². The summed E-state index contributed by atoms with van der Waals surface area (Å²) in [6.45, 7) is 1.60. The van der Waals surface area contributed by atoms with Gasteiger partial charge in [-0.25, -0.2) is 4.39 Å². The Morgan fingerprint density at radius 3 is 2.11 bits per heavy atom. The van der Waals surface area contributed by atoms with Gasteiger partial charge < -0.3 is 14.3 Å². The first kappa shape index (κ1) is 17.9. The number of nitrogens with zero attached hydrogens (tertiary/aromatic N) is 3. The van der Waals surface area contributed by atoms with Crippen LogP contribution >= 0.6 is 0 Å². The Morgan fingerprint density at radius 2 is 1.46 bits per heavy atom. The molecule has 0 radical (unpaired) electrons. The Morgan fingerprint density at radius 1 is 0.857 bits per heavy atom. The van der Waals surface area contributed by atoms with Crippen LogP contribution in [0.4, 0.5) is 4.39 Å². The van der Waals surface area contributed by atoms with Crippen LogP contribution in [0.1, 0.15) is 20.9 Å². The van der Waals surface area contributed by atoms with Gasteiger partial charge in [0.05, 0.1) is 0 Å². The predicted molar refractivity (Wildman–Crippen MR) is 100 cm³/mol. The van der Waals surface area contributed by atoms with E-state index in [2.05, 4.69) is 5.16 Å². The summed E-state index contributed by atoms with van der Waals surface area (Å²) in [5.41, 5.74) is 1.91. The van der Waals surface area contributed by atoms with Crippen LogP contribution in [0.2, 0.25) is 0 Å². The van der Waals surface area contributed by atoms with Crippen molar-refractivity contribution in [3.63, 3.8) is 0 Å². The normalized spacial score (nSPS) is 14.2. The molecule has 0 N–H and O–H groups in total. The molecule has 2 heterocycles. The topological polar surface area (TPSA) is 66.7 Å². The van der Waals surface area contributed by atoms with Crippen molar-refractivity contribution in [2.75, 3.05) is 26.2 Å². The molecule has 1 saturated heterocycles. The van der Waals surface area contributed by atoms with Gasteiger partial charge in [-0.1, -0.05) is 35.5 Å². The molecule has 1 fully saturated rings. The van der Waals surface area contributed by atoms with E-state index in [4.69, 9.17) is 4.52 Å². The predicted octanol–water partition coefficient (Wildman–Crippen LogP) is 3.08. The summed E-state index contributed by atoms with van der Waals surface area (Å²) >= 11 is 0. The number of benzene rings is 2. The Balaban J connectivity index is 1.38. The summed E-state index contributed by atoms with van der Waals surface area (Å²) in [7, 11) is 0. The highest BCUT2D eigenvalue weighted by Gasteiger charge is 2.27. The van der Waals surface area contributed by atoms with E-state index in [1.807, 2.05) is 30.3 Å². The molecule has 1 aliphatic rings. The first-order valence-electron chi connectivity index (χ1n) is 8.98. The van der Waals surface area contributed by atoms with Gasteiger partial charge in [-0.05, 0) is 24.3 Å². The molecule has 1 aromatic heterocycles. The van der Waals surface area contributed by atoms with Crippen LogP contribution in [0.3, 0.4) is 0 Å². The minimum atomic E-state index is -0.381. The maximum atomic E-state index is 13.0. The third-order valence-corrected chi connectivity index (χ3v) is 4.74. The number of aromatic nitrogens is 1. The average molecular weight is 379 g/mol. The lowest BCUT2D eigenvalue weighted by Crippen LogP contribution is -2.50. The summed E-state index contributed by atoms with van der Waals surface area (Å²) in [5, 5.41) is 3.97. The van der Waals surface area contributed by atoms with Crippen molar-refractivity contribution in [2.45, 2.75) is 0 Å². The monoisotopic (exact) mass is 379 g/mol. The molecule has 3 aromatic rings. The lowest BCUT2D eigenvalue weighted by atomic mass is 10.1. The van der Waals surface area contributed by atoms with E-state index >= 15 is 0 Å². The van der Waals surface area contributed by atoms with Crippen molar-refractivity contribution >= 4 is 11.8 Å². The standard InChI is InChI=1S/C21H18FN3O3/c22-17-8-6-16(7-9-17)20(26)24-10-12-25(13-11-24)21(27)19-14-18(23-28-19)15-4-2-1-3-5-15/h1-9,14H,10-13H2. The van der Waals surface area contributed by atoms with Gasteiger partial charge in [0.25, 0.3) is 11.8 Å². The highest BCUT2D eigenvalue weighted by atomic mass is 19.1. The van der Waals surface area contributed by atoms with E-state index in [9.17, 15) is 14.0 Å². The first-order valence-corrected chi connectivity index (χ1v) is 8.98. The van der Waals surface area contributed by atoms with Gasteiger partial charge in [-0.15, -0.1) is 0 Å². The number of piperazine rings is 1. The molecule has 142 valence electrons. The molecule has 0 unspecified atom stereocenters. The molecule has 2 amide bonds. The molecule has 28 heavy (non-hydrogen) atoms. The van der Waals surface area contributed by atoms with Crippen molar-refractivity contribution in [3.05, 3.63) is 77.8 Å². The zero-order valence-electron chi connectivity index (χ0n) is 15.0. The third-order valence-electron chi connectivity index (χ3n) is 4.74. The minimum Gasteiger partial charge on any atom is -0.350 e. The van der Waals surface area contributed by atoms with E-state index in [1.54, 1.807) is 15.9 Å². The molecule has 1 aliphatic heterocycles. The third kappa shape index (κ3) is 3.64. The van der Waals surface area contributed by atoms with Gasteiger partial charge >= 0.3 is 0 Å². The van der Waals surface area contributed by atoms with E-state index in [-0.39, 0.29) is 23.4 Å². The largest absolute Gasteiger partial charge is 0.350 e. The fourth-order valence-corrected chi connectivity index (χ4v) is 3.16. The number of hydrogen-bond donors (Lipinski definition) is 0. The molecule has 0 saturated carbocycles. The Bertz CT molecular complexity index is 978. The van der Waals surface area contributed by atoms with Crippen molar-refractivity contribution in [2.24, 2.45) is 0 Å².